The fraction of sp³-hybridized carbons (Fsp3) is 0.714. The Hall–Kier alpha value is -1.36. The molecule has 2 rings (SSSR count). The zero-order chi connectivity index (χ0) is 13.7. The largest absolute Gasteiger partial charge is 0.380 e. The summed E-state index contributed by atoms with van der Waals surface area (Å²) in [6.45, 7) is 7.26. The molecule has 19 heavy (non-hydrogen) atoms. The first-order chi connectivity index (χ1) is 9.19. The first-order valence-electron chi connectivity index (χ1n) is 7.02. The highest BCUT2D eigenvalue weighted by atomic mass is 16.5. The predicted octanol–water partition coefficient (Wildman–Crippen LogP) is 2.16. The van der Waals surface area contributed by atoms with Crippen molar-refractivity contribution in [1.82, 2.24) is 9.97 Å². The van der Waals surface area contributed by atoms with Gasteiger partial charge in [-0.3, -0.25) is 0 Å². The average Bonchev–Trinajstić information content (AvgIpc) is 2.45. The number of ether oxygens (including phenoxy) is 1. The normalized spacial score (nSPS) is 21.2. The fourth-order valence-electron chi connectivity index (χ4n) is 2.35. The van der Waals surface area contributed by atoms with Crippen LogP contribution in [0.2, 0.25) is 0 Å². The van der Waals surface area contributed by atoms with Crippen LogP contribution in [0.5, 0.6) is 0 Å². The van der Waals surface area contributed by atoms with Crippen LogP contribution in [0.4, 0.5) is 11.6 Å². The number of rotatable bonds is 5. The number of hydrogen-bond acceptors (Lipinski definition) is 5. The lowest BCUT2D eigenvalue weighted by molar-refractivity contribution is 0.128. The van der Waals surface area contributed by atoms with E-state index in [1.54, 1.807) is 13.4 Å². The summed E-state index contributed by atoms with van der Waals surface area (Å²) in [6, 6.07) is 2.03. The third-order valence-electron chi connectivity index (χ3n) is 3.61. The van der Waals surface area contributed by atoms with Gasteiger partial charge in [0, 0.05) is 32.8 Å². The van der Waals surface area contributed by atoms with Gasteiger partial charge in [-0.2, -0.15) is 0 Å². The molecule has 1 aromatic rings. The van der Waals surface area contributed by atoms with E-state index in [1.807, 2.05) is 13.0 Å². The van der Waals surface area contributed by atoms with E-state index in [0.717, 1.165) is 37.2 Å². The predicted molar refractivity (Wildman–Crippen MR) is 77.6 cm³/mol. The third-order valence-corrected chi connectivity index (χ3v) is 3.61. The van der Waals surface area contributed by atoms with Crippen LogP contribution in [0, 0.1) is 5.92 Å². The van der Waals surface area contributed by atoms with E-state index in [9.17, 15) is 0 Å². The van der Waals surface area contributed by atoms with Crippen molar-refractivity contribution in [3.05, 3.63) is 12.4 Å². The molecule has 1 N–H and O–H groups in total. The molecule has 0 amide bonds. The molecule has 0 saturated carbocycles. The minimum absolute atomic E-state index is 0.174. The molecule has 1 aliphatic heterocycles. The van der Waals surface area contributed by atoms with Crippen LogP contribution in [0.3, 0.4) is 0 Å². The standard InChI is InChI=1S/C14H24N4O/c1-11-5-4-6-18(9-11)14-7-13(16-10-17-14)15-8-12(2)19-3/h7,10-12H,4-6,8-9H2,1-3H3,(H,15,16,17). The second kappa shape index (κ2) is 6.70. The Morgan fingerprint density at radius 2 is 2.37 bits per heavy atom. The highest BCUT2D eigenvalue weighted by Crippen LogP contribution is 2.22. The van der Waals surface area contributed by atoms with Gasteiger partial charge in [-0.15, -0.1) is 0 Å². The summed E-state index contributed by atoms with van der Waals surface area (Å²) in [5, 5.41) is 3.28. The van der Waals surface area contributed by atoms with Gasteiger partial charge in [-0.1, -0.05) is 6.92 Å². The van der Waals surface area contributed by atoms with Crippen molar-refractivity contribution >= 4 is 11.6 Å². The minimum Gasteiger partial charge on any atom is -0.380 e. The average molecular weight is 264 g/mol. The van der Waals surface area contributed by atoms with Crippen LogP contribution in [-0.2, 0) is 4.74 Å². The quantitative estimate of drug-likeness (QED) is 0.883. The van der Waals surface area contributed by atoms with Gasteiger partial charge in [-0.05, 0) is 25.7 Å². The maximum Gasteiger partial charge on any atom is 0.134 e. The number of nitrogens with zero attached hydrogens (tertiary/aromatic N) is 3. The van der Waals surface area contributed by atoms with Crippen LogP contribution in [0.15, 0.2) is 12.4 Å². The lowest BCUT2D eigenvalue weighted by atomic mass is 10.0. The molecule has 106 valence electrons. The summed E-state index contributed by atoms with van der Waals surface area (Å²) in [6.07, 6.45) is 4.37. The lowest BCUT2D eigenvalue weighted by Crippen LogP contribution is -2.34. The Bertz CT molecular complexity index is 399. The van der Waals surface area contributed by atoms with Crippen LogP contribution in [0.1, 0.15) is 26.7 Å². The van der Waals surface area contributed by atoms with E-state index in [-0.39, 0.29) is 6.10 Å². The maximum absolute atomic E-state index is 5.22. The number of anilines is 2. The molecule has 1 fully saturated rings. The lowest BCUT2D eigenvalue weighted by Gasteiger charge is -2.31. The van der Waals surface area contributed by atoms with Gasteiger partial charge in [-0.25, -0.2) is 9.97 Å². The summed E-state index contributed by atoms with van der Waals surface area (Å²) in [7, 11) is 1.72. The van der Waals surface area contributed by atoms with Gasteiger partial charge in [0.15, 0.2) is 0 Å². The van der Waals surface area contributed by atoms with Gasteiger partial charge in [0.1, 0.15) is 18.0 Å². The van der Waals surface area contributed by atoms with E-state index in [4.69, 9.17) is 4.74 Å². The summed E-state index contributed by atoms with van der Waals surface area (Å²) in [4.78, 5) is 11.0. The van der Waals surface area contributed by atoms with Crippen molar-refractivity contribution in [2.24, 2.45) is 5.92 Å². The monoisotopic (exact) mass is 264 g/mol. The van der Waals surface area contributed by atoms with Crippen molar-refractivity contribution in [2.45, 2.75) is 32.8 Å². The molecule has 0 aliphatic carbocycles. The highest BCUT2D eigenvalue weighted by Gasteiger charge is 2.17. The van der Waals surface area contributed by atoms with Crippen LogP contribution < -0.4 is 10.2 Å². The molecule has 2 heterocycles. The zero-order valence-electron chi connectivity index (χ0n) is 12.1. The SMILES string of the molecule is COC(C)CNc1cc(N2CCCC(C)C2)ncn1. The molecule has 0 aromatic carbocycles. The molecule has 1 aromatic heterocycles. The van der Waals surface area contributed by atoms with Crippen LogP contribution >= 0.6 is 0 Å². The number of piperidine rings is 1. The maximum atomic E-state index is 5.22. The topological polar surface area (TPSA) is 50.3 Å². The van der Waals surface area contributed by atoms with Gasteiger partial charge < -0.3 is 15.0 Å². The first-order valence-corrected chi connectivity index (χ1v) is 7.02. The summed E-state index contributed by atoms with van der Waals surface area (Å²) >= 11 is 0. The molecule has 1 saturated heterocycles. The van der Waals surface area contributed by atoms with E-state index in [2.05, 4.69) is 27.1 Å². The van der Waals surface area contributed by atoms with Gasteiger partial charge in [0.2, 0.25) is 0 Å². The molecule has 5 heteroatoms. The van der Waals surface area contributed by atoms with E-state index in [0.29, 0.717) is 0 Å². The molecule has 2 atom stereocenters. The van der Waals surface area contributed by atoms with E-state index in [1.165, 1.54) is 12.8 Å². The van der Waals surface area contributed by atoms with Gasteiger partial charge in [0.05, 0.1) is 6.10 Å². The van der Waals surface area contributed by atoms with Crippen molar-refractivity contribution in [3.63, 3.8) is 0 Å². The Kier molecular flexibility index (Phi) is 4.96. The zero-order valence-corrected chi connectivity index (χ0v) is 12.1. The van der Waals surface area contributed by atoms with Crippen molar-refractivity contribution in [1.29, 1.82) is 0 Å². The molecule has 0 spiro atoms. The van der Waals surface area contributed by atoms with Crippen LogP contribution in [-0.4, -0.2) is 42.8 Å². The Balaban J connectivity index is 1.98. The number of aromatic nitrogens is 2. The summed E-state index contributed by atoms with van der Waals surface area (Å²) < 4.78 is 5.22. The smallest absolute Gasteiger partial charge is 0.134 e. The molecule has 5 nitrogen and oxygen atoms in total. The van der Waals surface area contributed by atoms with Crippen molar-refractivity contribution in [3.8, 4) is 0 Å². The number of methoxy groups -OCH3 is 1. The summed E-state index contributed by atoms with van der Waals surface area (Å²) in [5.74, 6) is 2.63. The van der Waals surface area contributed by atoms with E-state index < -0.39 is 0 Å². The second-order valence-electron chi connectivity index (χ2n) is 5.38. The number of hydrogen-bond donors (Lipinski definition) is 1. The van der Waals surface area contributed by atoms with Crippen molar-refractivity contribution in [2.75, 3.05) is 37.0 Å². The molecular formula is C14H24N4O. The third kappa shape index (κ3) is 4.06. The molecule has 2 unspecified atom stereocenters. The highest BCUT2D eigenvalue weighted by molar-refractivity contribution is 5.48. The Labute approximate surface area is 115 Å². The Morgan fingerprint density at radius 3 is 3.11 bits per heavy atom. The number of nitrogens with one attached hydrogen (secondary N) is 1. The molecular weight excluding hydrogens is 240 g/mol. The minimum atomic E-state index is 0.174. The molecule has 0 bridgehead atoms. The first kappa shape index (κ1) is 14.1. The van der Waals surface area contributed by atoms with E-state index >= 15 is 0 Å². The molecule has 0 radical (unpaired) electrons. The molecule has 1 aliphatic rings. The fourth-order valence-corrected chi connectivity index (χ4v) is 2.35. The van der Waals surface area contributed by atoms with Crippen LogP contribution in [0.25, 0.3) is 0 Å². The summed E-state index contributed by atoms with van der Waals surface area (Å²) in [5.41, 5.74) is 0. The van der Waals surface area contributed by atoms with Gasteiger partial charge in [0.25, 0.3) is 0 Å². The second-order valence-corrected chi connectivity index (χ2v) is 5.38. The Morgan fingerprint density at radius 1 is 1.53 bits per heavy atom. The van der Waals surface area contributed by atoms with Crippen molar-refractivity contribution < 1.29 is 4.74 Å². The van der Waals surface area contributed by atoms with Gasteiger partial charge >= 0.3 is 0 Å².